The van der Waals surface area contributed by atoms with E-state index >= 15 is 0 Å². The maximum absolute atomic E-state index is 11.5. The summed E-state index contributed by atoms with van der Waals surface area (Å²) in [6.07, 6.45) is 1.58. The number of hydrogen-bond acceptors (Lipinski definition) is 6. The van der Waals surface area contributed by atoms with Crippen molar-refractivity contribution in [3.63, 3.8) is 0 Å². The Kier molecular flexibility index (Phi) is 4.77. The number of amides is 1. The molecule has 0 spiro atoms. The van der Waals surface area contributed by atoms with E-state index in [1.807, 2.05) is 6.92 Å². The van der Waals surface area contributed by atoms with Gasteiger partial charge in [0.2, 0.25) is 0 Å². The Morgan fingerprint density at radius 3 is 2.73 bits per heavy atom. The average Bonchev–Trinajstić information content (AvgIpc) is 2.76. The molecule has 0 saturated heterocycles. The topological polar surface area (TPSA) is 100 Å². The fourth-order valence-corrected chi connectivity index (χ4v) is 1.82. The minimum Gasteiger partial charge on any atom is -0.490 e. The first-order valence-corrected chi connectivity index (χ1v) is 6.66. The third-order valence-corrected chi connectivity index (χ3v) is 2.67. The van der Waals surface area contributed by atoms with Crippen molar-refractivity contribution in [1.82, 2.24) is 0 Å². The minimum atomic E-state index is -0.577. The lowest BCUT2D eigenvalue weighted by Gasteiger charge is -2.11. The van der Waals surface area contributed by atoms with Crippen LogP contribution in [-0.2, 0) is 14.3 Å². The number of carbonyl (C=O) groups is 2. The quantitative estimate of drug-likeness (QED) is 0.630. The Labute approximate surface area is 127 Å². The molecular formula is C15H16N2O5. The van der Waals surface area contributed by atoms with Crippen molar-refractivity contribution in [2.75, 3.05) is 13.2 Å². The lowest BCUT2D eigenvalue weighted by Crippen LogP contribution is -2.20. The van der Waals surface area contributed by atoms with E-state index in [0.29, 0.717) is 29.6 Å². The molecular weight excluding hydrogens is 288 g/mol. The number of cyclic esters (lactones) is 1. The molecule has 0 fully saturated rings. The van der Waals surface area contributed by atoms with Gasteiger partial charge in [0.25, 0.3) is 5.91 Å². The van der Waals surface area contributed by atoms with Crippen molar-refractivity contribution in [2.24, 2.45) is 10.7 Å². The number of nitrogens with two attached hydrogens (primary N) is 1. The number of benzene rings is 1. The van der Waals surface area contributed by atoms with Crippen molar-refractivity contribution < 1.29 is 23.8 Å². The molecule has 0 aromatic heterocycles. The summed E-state index contributed by atoms with van der Waals surface area (Å²) < 4.78 is 15.6. The number of esters is 1. The minimum absolute atomic E-state index is 0.214. The Hall–Kier alpha value is -2.83. The molecule has 1 heterocycles. The van der Waals surface area contributed by atoms with Crippen LogP contribution in [0.25, 0.3) is 6.08 Å². The first-order chi connectivity index (χ1) is 10.5. The first-order valence-electron chi connectivity index (χ1n) is 6.66. The van der Waals surface area contributed by atoms with Crippen LogP contribution in [-0.4, -0.2) is 31.0 Å². The summed E-state index contributed by atoms with van der Waals surface area (Å²) in [7, 11) is 0. The summed E-state index contributed by atoms with van der Waals surface area (Å²) in [5.41, 5.74) is 5.96. The van der Waals surface area contributed by atoms with Crippen molar-refractivity contribution in [3.05, 3.63) is 29.5 Å². The number of primary amides is 1. The molecule has 116 valence electrons. The van der Waals surface area contributed by atoms with Gasteiger partial charge >= 0.3 is 5.97 Å². The zero-order valence-electron chi connectivity index (χ0n) is 12.3. The van der Waals surface area contributed by atoms with Crippen LogP contribution in [0.4, 0.5) is 0 Å². The van der Waals surface area contributed by atoms with Crippen LogP contribution in [0.5, 0.6) is 11.5 Å². The third-order valence-electron chi connectivity index (χ3n) is 2.67. The van der Waals surface area contributed by atoms with E-state index in [9.17, 15) is 9.59 Å². The van der Waals surface area contributed by atoms with Crippen LogP contribution < -0.4 is 15.2 Å². The van der Waals surface area contributed by atoms with E-state index in [2.05, 4.69) is 4.99 Å². The highest BCUT2D eigenvalue weighted by atomic mass is 16.6. The lowest BCUT2D eigenvalue weighted by atomic mass is 10.1. The molecule has 1 aliphatic rings. The molecule has 2 rings (SSSR count). The number of ether oxygens (including phenoxy) is 3. The largest absolute Gasteiger partial charge is 0.490 e. The Morgan fingerprint density at radius 1 is 1.36 bits per heavy atom. The Bertz CT molecular complexity index is 664. The highest BCUT2D eigenvalue weighted by Gasteiger charge is 2.19. The van der Waals surface area contributed by atoms with Gasteiger partial charge in [0.1, 0.15) is 0 Å². The summed E-state index contributed by atoms with van der Waals surface area (Å²) in [4.78, 5) is 26.3. The number of aliphatic imine (C=N–C) groups is 1. The zero-order chi connectivity index (χ0) is 16.1. The molecule has 7 nitrogen and oxygen atoms in total. The predicted molar refractivity (Wildman–Crippen MR) is 79.5 cm³/mol. The standard InChI is InChI=1S/C15H16N2O5/c1-3-20-13-7-10(4-5-12(13)21-8-14(16)18)6-11-15(19)22-9(2)17-11/h4-7H,3,8H2,1-2H3,(H2,16,18). The van der Waals surface area contributed by atoms with Crippen LogP contribution >= 0.6 is 0 Å². The molecule has 0 bridgehead atoms. The molecule has 1 amide bonds. The summed E-state index contributed by atoms with van der Waals surface area (Å²) in [6.45, 7) is 3.61. The summed E-state index contributed by atoms with van der Waals surface area (Å²) in [5.74, 6) is 0.0843. The second-order valence-electron chi connectivity index (χ2n) is 4.44. The van der Waals surface area contributed by atoms with Gasteiger partial charge in [-0.25, -0.2) is 9.79 Å². The van der Waals surface area contributed by atoms with E-state index in [-0.39, 0.29) is 12.3 Å². The molecule has 0 radical (unpaired) electrons. The maximum Gasteiger partial charge on any atom is 0.363 e. The molecule has 1 aliphatic heterocycles. The lowest BCUT2D eigenvalue weighted by molar-refractivity contribution is -0.130. The van der Waals surface area contributed by atoms with E-state index < -0.39 is 11.9 Å². The fourth-order valence-electron chi connectivity index (χ4n) is 1.82. The smallest absolute Gasteiger partial charge is 0.363 e. The number of hydrogen-bond donors (Lipinski definition) is 1. The maximum atomic E-state index is 11.5. The molecule has 7 heteroatoms. The highest BCUT2D eigenvalue weighted by molar-refractivity contribution is 6.06. The number of rotatable bonds is 6. The van der Waals surface area contributed by atoms with Crippen LogP contribution in [0, 0.1) is 0 Å². The normalized spacial score (nSPS) is 15.5. The van der Waals surface area contributed by atoms with Gasteiger partial charge in [-0.15, -0.1) is 0 Å². The molecule has 22 heavy (non-hydrogen) atoms. The van der Waals surface area contributed by atoms with Gasteiger partial charge in [-0.2, -0.15) is 0 Å². The van der Waals surface area contributed by atoms with Crippen molar-refractivity contribution in [1.29, 1.82) is 0 Å². The second-order valence-corrected chi connectivity index (χ2v) is 4.44. The predicted octanol–water partition coefficient (Wildman–Crippen LogP) is 1.27. The van der Waals surface area contributed by atoms with Crippen molar-refractivity contribution >= 4 is 23.9 Å². The number of carbonyl (C=O) groups excluding carboxylic acids is 2. The van der Waals surface area contributed by atoms with Gasteiger partial charge in [0.05, 0.1) is 6.61 Å². The third kappa shape index (κ3) is 3.85. The van der Waals surface area contributed by atoms with Crippen LogP contribution in [0.3, 0.4) is 0 Å². The molecule has 0 unspecified atom stereocenters. The molecule has 1 aromatic carbocycles. The van der Waals surface area contributed by atoms with Crippen molar-refractivity contribution in [3.8, 4) is 11.5 Å². The Morgan fingerprint density at radius 2 is 2.14 bits per heavy atom. The van der Waals surface area contributed by atoms with E-state index in [0.717, 1.165) is 0 Å². The van der Waals surface area contributed by atoms with Crippen molar-refractivity contribution in [2.45, 2.75) is 13.8 Å². The van der Waals surface area contributed by atoms with Crippen LogP contribution in [0.15, 0.2) is 28.9 Å². The SMILES string of the molecule is CCOc1cc(C=C2N=C(C)OC2=O)ccc1OCC(N)=O. The fraction of sp³-hybridized carbons (Fsp3) is 0.267. The summed E-state index contributed by atoms with van der Waals surface area (Å²) in [5, 5.41) is 0. The van der Waals surface area contributed by atoms with Gasteiger partial charge in [0.15, 0.2) is 29.7 Å². The van der Waals surface area contributed by atoms with E-state index in [1.165, 1.54) is 0 Å². The molecule has 2 N–H and O–H groups in total. The van der Waals surface area contributed by atoms with Gasteiger partial charge in [-0.05, 0) is 30.7 Å². The van der Waals surface area contributed by atoms with Gasteiger partial charge in [-0.1, -0.05) is 6.07 Å². The van der Waals surface area contributed by atoms with Gasteiger partial charge in [-0.3, -0.25) is 4.79 Å². The van der Waals surface area contributed by atoms with Crippen LogP contribution in [0.1, 0.15) is 19.4 Å². The zero-order valence-corrected chi connectivity index (χ0v) is 12.3. The van der Waals surface area contributed by atoms with E-state index in [1.54, 1.807) is 31.2 Å². The monoisotopic (exact) mass is 304 g/mol. The first kappa shape index (κ1) is 15.6. The molecule has 0 atom stereocenters. The van der Waals surface area contributed by atoms with E-state index in [4.69, 9.17) is 19.9 Å². The summed E-state index contributed by atoms with van der Waals surface area (Å²) >= 11 is 0. The van der Waals surface area contributed by atoms with Gasteiger partial charge < -0.3 is 19.9 Å². The second kappa shape index (κ2) is 6.75. The Balaban J connectivity index is 2.27. The molecule has 0 saturated carbocycles. The molecule has 0 aliphatic carbocycles. The average molecular weight is 304 g/mol. The summed E-state index contributed by atoms with van der Waals surface area (Å²) in [6, 6.07) is 5.03. The van der Waals surface area contributed by atoms with Gasteiger partial charge in [0, 0.05) is 6.92 Å². The number of nitrogens with zero attached hydrogens (tertiary/aromatic N) is 1. The van der Waals surface area contributed by atoms with Crippen LogP contribution in [0.2, 0.25) is 0 Å². The highest BCUT2D eigenvalue weighted by Crippen LogP contribution is 2.29. The molecule has 1 aromatic rings.